The van der Waals surface area contributed by atoms with Gasteiger partial charge in [-0.15, -0.1) is 0 Å². The first-order valence-corrected chi connectivity index (χ1v) is 11.9. The zero-order valence-corrected chi connectivity index (χ0v) is 20.0. The van der Waals surface area contributed by atoms with Crippen LogP contribution in [0.25, 0.3) is 16.5 Å². The van der Waals surface area contributed by atoms with Crippen molar-refractivity contribution in [3.63, 3.8) is 0 Å². The van der Waals surface area contributed by atoms with E-state index < -0.39 is 17.3 Å². The molecule has 2 unspecified atom stereocenters. The van der Waals surface area contributed by atoms with Gasteiger partial charge >= 0.3 is 0 Å². The van der Waals surface area contributed by atoms with E-state index >= 15 is 0 Å². The highest BCUT2D eigenvalue weighted by Gasteiger charge is 2.66. The Kier molecular flexibility index (Phi) is 4.96. The van der Waals surface area contributed by atoms with Crippen LogP contribution in [0.5, 0.6) is 17.6 Å². The number of nitrogens with zero attached hydrogens (tertiary/aromatic N) is 3. The number of nitriles is 1. The average molecular weight is 504 g/mol. The summed E-state index contributed by atoms with van der Waals surface area (Å²) in [6, 6.07) is 16.2. The van der Waals surface area contributed by atoms with Crippen molar-refractivity contribution in [1.29, 1.82) is 5.26 Å². The van der Waals surface area contributed by atoms with Crippen LogP contribution in [0, 0.1) is 11.3 Å². The van der Waals surface area contributed by atoms with Gasteiger partial charge in [-0.1, -0.05) is 35.9 Å². The number of hydrogen-bond acceptors (Lipinski definition) is 7. The number of aliphatic hydroxyl groups is 1. The molecule has 0 aliphatic carbocycles. The lowest BCUT2D eigenvalue weighted by molar-refractivity contribution is -0.107. The van der Waals surface area contributed by atoms with Crippen LogP contribution < -0.4 is 4.74 Å². The maximum atomic E-state index is 11.5. The van der Waals surface area contributed by atoms with E-state index in [1.807, 2.05) is 24.3 Å². The largest absolute Gasteiger partial charge is 0.494 e. The maximum absolute atomic E-state index is 11.5. The normalized spacial score (nSPS) is 24.1. The number of aliphatic hydroxyl groups excluding tert-OH is 1. The van der Waals surface area contributed by atoms with Crippen LogP contribution in [0.1, 0.15) is 36.5 Å². The first-order valence-electron chi connectivity index (χ1n) is 11.5. The number of fused-ring (bicyclic) bond motifs is 6. The summed E-state index contributed by atoms with van der Waals surface area (Å²) in [5.41, 5.74) is -0.467. The number of halogens is 1. The smallest absolute Gasteiger partial charge is 0.213 e. The fourth-order valence-corrected chi connectivity index (χ4v) is 5.80. The lowest BCUT2D eigenvalue weighted by Crippen LogP contribution is -2.33. The first kappa shape index (κ1) is 22.7. The molecule has 6 rings (SSSR count). The number of rotatable bonds is 5. The molecule has 2 aromatic heterocycles. The summed E-state index contributed by atoms with van der Waals surface area (Å²) in [5, 5.41) is 45.3. The van der Waals surface area contributed by atoms with Crippen LogP contribution in [-0.4, -0.2) is 37.6 Å². The number of ether oxygens (including phenoxy) is 2. The van der Waals surface area contributed by atoms with E-state index in [1.165, 1.54) is 10.8 Å². The van der Waals surface area contributed by atoms with Crippen LogP contribution in [0.15, 0.2) is 54.7 Å². The minimum Gasteiger partial charge on any atom is -0.494 e. The zero-order valence-electron chi connectivity index (χ0n) is 19.3. The van der Waals surface area contributed by atoms with Gasteiger partial charge in [-0.3, -0.25) is 4.57 Å². The van der Waals surface area contributed by atoms with E-state index in [4.69, 9.17) is 21.1 Å². The van der Waals surface area contributed by atoms with Crippen molar-refractivity contribution < 1.29 is 24.8 Å². The van der Waals surface area contributed by atoms with Gasteiger partial charge in [-0.05, 0) is 25.1 Å². The molecule has 2 aliphatic rings. The quantitative estimate of drug-likeness (QED) is 0.363. The lowest BCUT2D eigenvalue weighted by atomic mass is 9.76. The first-order chi connectivity index (χ1) is 17.3. The summed E-state index contributed by atoms with van der Waals surface area (Å²) in [6.07, 6.45) is 1.14. The SMILES string of the molecule is CC12OC(CCOc3ccc(Cl)cn3)(C[C@@H]1O)c1c2c(O)n(-c2ccc(C#N)c3ccccc23)c1O. The molecule has 2 aromatic carbocycles. The summed E-state index contributed by atoms with van der Waals surface area (Å²) < 4.78 is 13.5. The third kappa shape index (κ3) is 3.04. The van der Waals surface area contributed by atoms with Crippen molar-refractivity contribution in [2.24, 2.45) is 0 Å². The Labute approximate surface area is 211 Å². The van der Waals surface area contributed by atoms with Gasteiger partial charge < -0.3 is 24.8 Å². The van der Waals surface area contributed by atoms with Gasteiger partial charge in [0.25, 0.3) is 0 Å². The fourth-order valence-electron chi connectivity index (χ4n) is 5.69. The molecule has 4 aromatic rings. The van der Waals surface area contributed by atoms with E-state index in [0.29, 0.717) is 50.5 Å². The number of aromatic nitrogens is 2. The monoisotopic (exact) mass is 503 g/mol. The highest BCUT2D eigenvalue weighted by Crippen LogP contribution is 2.65. The van der Waals surface area contributed by atoms with Crippen molar-refractivity contribution in [1.82, 2.24) is 9.55 Å². The molecule has 0 saturated carbocycles. The lowest BCUT2D eigenvalue weighted by Gasteiger charge is -2.26. The minimum atomic E-state index is -1.21. The molecule has 182 valence electrons. The van der Waals surface area contributed by atoms with Crippen molar-refractivity contribution >= 4 is 22.4 Å². The molecule has 0 spiro atoms. The van der Waals surface area contributed by atoms with Gasteiger partial charge in [-0.25, -0.2) is 4.98 Å². The Balaban J connectivity index is 1.45. The summed E-state index contributed by atoms with van der Waals surface area (Å²) in [7, 11) is 0. The minimum absolute atomic E-state index is 0.169. The average Bonchev–Trinajstić information content (AvgIpc) is 3.41. The molecular formula is C27H22ClN3O5. The number of pyridine rings is 1. The van der Waals surface area contributed by atoms with Crippen LogP contribution in [0.2, 0.25) is 5.02 Å². The standard InChI is InChI=1S/C27H22ClN3O5/c1-26-20(32)12-27(36-26,10-11-35-21-9-7-16(28)14-30-21)23-22(26)24(33)31(25(23)34)19-8-6-15(13-29)17-4-2-3-5-18(17)19/h2-9,14,20,32-34H,10-12H2,1H3/t20-,26?,27?/m0/s1. The molecule has 3 N–H and O–H groups in total. The number of hydrogen-bond donors (Lipinski definition) is 3. The van der Waals surface area contributed by atoms with Gasteiger partial charge in [0.05, 0.1) is 46.2 Å². The molecule has 2 aliphatic heterocycles. The van der Waals surface area contributed by atoms with E-state index in [0.717, 1.165) is 0 Å². The van der Waals surface area contributed by atoms with Crippen LogP contribution in [0.3, 0.4) is 0 Å². The molecule has 0 amide bonds. The molecule has 1 fully saturated rings. The van der Waals surface area contributed by atoms with Gasteiger partial charge in [0.15, 0.2) is 0 Å². The number of benzene rings is 2. The highest BCUT2D eigenvalue weighted by atomic mass is 35.5. The van der Waals surface area contributed by atoms with Crippen LogP contribution in [0.4, 0.5) is 0 Å². The Bertz CT molecular complexity index is 1560. The third-order valence-electron chi connectivity index (χ3n) is 7.36. The van der Waals surface area contributed by atoms with Gasteiger partial charge in [0.2, 0.25) is 17.6 Å². The van der Waals surface area contributed by atoms with Crippen molar-refractivity contribution in [2.75, 3.05) is 6.61 Å². The molecule has 3 atom stereocenters. The second-order valence-electron chi connectivity index (χ2n) is 9.36. The predicted molar refractivity (Wildman–Crippen MR) is 131 cm³/mol. The highest BCUT2D eigenvalue weighted by molar-refractivity contribution is 6.30. The summed E-state index contributed by atoms with van der Waals surface area (Å²) in [4.78, 5) is 4.13. The molecule has 4 heterocycles. The Morgan fingerprint density at radius 1 is 1.14 bits per heavy atom. The van der Waals surface area contributed by atoms with Crippen molar-refractivity contribution in [3.05, 3.63) is 76.4 Å². The maximum Gasteiger partial charge on any atom is 0.213 e. The van der Waals surface area contributed by atoms with E-state index in [1.54, 1.807) is 31.2 Å². The third-order valence-corrected chi connectivity index (χ3v) is 7.58. The van der Waals surface area contributed by atoms with E-state index in [9.17, 15) is 20.6 Å². The topological polar surface area (TPSA) is 121 Å². The summed E-state index contributed by atoms with van der Waals surface area (Å²) in [5.74, 6) is 0.0161. The van der Waals surface area contributed by atoms with Gasteiger partial charge in [0, 0.05) is 35.9 Å². The molecule has 0 radical (unpaired) electrons. The van der Waals surface area contributed by atoms with E-state index in [2.05, 4.69) is 11.1 Å². The Morgan fingerprint density at radius 3 is 2.61 bits per heavy atom. The van der Waals surface area contributed by atoms with Crippen molar-refractivity contribution in [3.8, 4) is 29.4 Å². The fraction of sp³-hybridized carbons (Fsp3) is 0.259. The Morgan fingerprint density at radius 2 is 1.89 bits per heavy atom. The van der Waals surface area contributed by atoms with Gasteiger partial charge in [-0.2, -0.15) is 5.26 Å². The molecule has 9 heteroatoms. The van der Waals surface area contributed by atoms with Gasteiger partial charge in [0.1, 0.15) is 11.2 Å². The molecule has 1 saturated heterocycles. The Hall–Kier alpha value is -3.77. The summed E-state index contributed by atoms with van der Waals surface area (Å²) >= 11 is 5.89. The molecule has 36 heavy (non-hydrogen) atoms. The van der Waals surface area contributed by atoms with Crippen LogP contribution >= 0.6 is 11.6 Å². The number of aromatic hydroxyl groups is 2. The molecule has 8 nitrogen and oxygen atoms in total. The van der Waals surface area contributed by atoms with E-state index in [-0.39, 0.29) is 24.8 Å². The second kappa shape index (κ2) is 7.87. The summed E-state index contributed by atoms with van der Waals surface area (Å²) in [6.45, 7) is 1.91. The predicted octanol–water partition coefficient (Wildman–Crippen LogP) is 4.64. The zero-order chi connectivity index (χ0) is 25.2. The second-order valence-corrected chi connectivity index (χ2v) is 9.80. The van der Waals surface area contributed by atoms with Crippen molar-refractivity contribution in [2.45, 2.75) is 37.1 Å². The molecular weight excluding hydrogens is 482 g/mol. The molecule has 2 bridgehead atoms. The van der Waals surface area contributed by atoms with Crippen LogP contribution in [-0.2, 0) is 15.9 Å².